The smallest absolute Gasteiger partial charge is 0.119 e. The SMILES string of the molecule is CCc1cc(C(N)c2ccc(OC(C)C)cc2)n(C)n1. The molecule has 108 valence electrons. The molecule has 1 aromatic heterocycles. The summed E-state index contributed by atoms with van der Waals surface area (Å²) in [5, 5.41) is 4.44. The Morgan fingerprint density at radius 2 is 1.90 bits per heavy atom. The molecule has 0 saturated heterocycles. The Morgan fingerprint density at radius 1 is 1.25 bits per heavy atom. The van der Waals surface area contributed by atoms with E-state index in [2.05, 4.69) is 18.1 Å². The van der Waals surface area contributed by atoms with Crippen LogP contribution in [0.5, 0.6) is 5.75 Å². The van der Waals surface area contributed by atoms with Crippen LogP contribution in [0.2, 0.25) is 0 Å². The van der Waals surface area contributed by atoms with E-state index < -0.39 is 0 Å². The number of aryl methyl sites for hydroxylation is 2. The van der Waals surface area contributed by atoms with E-state index in [1.54, 1.807) is 0 Å². The number of hydrogen-bond donors (Lipinski definition) is 1. The van der Waals surface area contributed by atoms with Crippen molar-refractivity contribution in [3.63, 3.8) is 0 Å². The van der Waals surface area contributed by atoms with E-state index in [9.17, 15) is 0 Å². The molecular weight excluding hydrogens is 250 g/mol. The molecule has 0 fully saturated rings. The molecule has 0 saturated carbocycles. The highest BCUT2D eigenvalue weighted by Gasteiger charge is 2.14. The van der Waals surface area contributed by atoms with E-state index in [0.717, 1.165) is 29.1 Å². The lowest BCUT2D eigenvalue weighted by molar-refractivity contribution is 0.242. The third-order valence-electron chi connectivity index (χ3n) is 3.26. The summed E-state index contributed by atoms with van der Waals surface area (Å²) in [6, 6.07) is 9.87. The zero-order chi connectivity index (χ0) is 14.7. The average Bonchev–Trinajstić information content (AvgIpc) is 2.79. The van der Waals surface area contributed by atoms with Crippen LogP contribution in [0.1, 0.15) is 43.8 Å². The van der Waals surface area contributed by atoms with Crippen molar-refractivity contribution in [2.75, 3.05) is 0 Å². The van der Waals surface area contributed by atoms with Crippen LogP contribution in [0.15, 0.2) is 30.3 Å². The largest absolute Gasteiger partial charge is 0.491 e. The third kappa shape index (κ3) is 3.20. The van der Waals surface area contributed by atoms with Gasteiger partial charge in [0.25, 0.3) is 0 Å². The highest BCUT2D eigenvalue weighted by Crippen LogP contribution is 2.23. The van der Waals surface area contributed by atoms with Gasteiger partial charge in [-0.1, -0.05) is 19.1 Å². The Morgan fingerprint density at radius 3 is 2.40 bits per heavy atom. The fourth-order valence-electron chi connectivity index (χ4n) is 2.20. The van der Waals surface area contributed by atoms with Gasteiger partial charge in [-0.2, -0.15) is 5.10 Å². The molecule has 0 aliphatic rings. The molecule has 2 rings (SSSR count). The summed E-state index contributed by atoms with van der Waals surface area (Å²) in [5.41, 5.74) is 9.49. The zero-order valence-electron chi connectivity index (χ0n) is 12.6. The molecule has 0 radical (unpaired) electrons. The van der Waals surface area contributed by atoms with Gasteiger partial charge >= 0.3 is 0 Å². The molecule has 0 aliphatic carbocycles. The second-order valence-electron chi connectivity index (χ2n) is 5.25. The van der Waals surface area contributed by atoms with Gasteiger partial charge in [-0.25, -0.2) is 0 Å². The molecule has 4 nitrogen and oxygen atoms in total. The van der Waals surface area contributed by atoms with Crippen molar-refractivity contribution in [3.05, 3.63) is 47.3 Å². The van der Waals surface area contributed by atoms with Gasteiger partial charge in [0.2, 0.25) is 0 Å². The van der Waals surface area contributed by atoms with Crippen LogP contribution in [0.3, 0.4) is 0 Å². The molecular formula is C16H23N3O. The highest BCUT2D eigenvalue weighted by atomic mass is 16.5. The Kier molecular flexibility index (Phi) is 4.45. The second-order valence-corrected chi connectivity index (χ2v) is 5.25. The molecule has 1 aromatic carbocycles. The van der Waals surface area contributed by atoms with E-state index in [4.69, 9.17) is 10.5 Å². The molecule has 0 spiro atoms. The van der Waals surface area contributed by atoms with E-state index >= 15 is 0 Å². The van der Waals surface area contributed by atoms with Gasteiger partial charge in [0.1, 0.15) is 5.75 Å². The lowest BCUT2D eigenvalue weighted by atomic mass is 10.0. The normalized spacial score (nSPS) is 12.7. The van der Waals surface area contributed by atoms with E-state index in [0.29, 0.717) is 0 Å². The minimum Gasteiger partial charge on any atom is -0.491 e. The average molecular weight is 273 g/mol. The topological polar surface area (TPSA) is 53.1 Å². The first-order chi connectivity index (χ1) is 9.51. The van der Waals surface area contributed by atoms with Crippen molar-refractivity contribution < 1.29 is 4.74 Å². The number of hydrogen-bond acceptors (Lipinski definition) is 3. The zero-order valence-corrected chi connectivity index (χ0v) is 12.6. The number of aromatic nitrogens is 2. The van der Waals surface area contributed by atoms with Crippen LogP contribution in [0.4, 0.5) is 0 Å². The Labute approximate surface area is 120 Å². The number of rotatable bonds is 5. The molecule has 1 atom stereocenters. The van der Waals surface area contributed by atoms with Gasteiger partial charge in [-0.3, -0.25) is 4.68 Å². The molecule has 1 unspecified atom stereocenters. The second kappa shape index (κ2) is 6.09. The molecule has 20 heavy (non-hydrogen) atoms. The Hall–Kier alpha value is -1.81. The molecule has 0 bridgehead atoms. The van der Waals surface area contributed by atoms with Crippen molar-refractivity contribution in [1.29, 1.82) is 0 Å². The molecule has 0 aliphatic heterocycles. The molecule has 4 heteroatoms. The van der Waals surface area contributed by atoms with Crippen LogP contribution in [0, 0.1) is 0 Å². The fourth-order valence-corrected chi connectivity index (χ4v) is 2.20. The summed E-state index contributed by atoms with van der Waals surface area (Å²) in [5.74, 6) is 0.871. The van der Waals surface area contributed by atoms with E-state index in [1.807, 2.05) is 49.8 Å². The van der Waals surface area contributed by atoms with Crippen molar-refractivity contribution in [2.24, 2.45) is 12.8 Å². The Bertz CT molecular complexity index is 558. The number of benzene rings is 1. The fraction of sp³-hybridized carbons (Fsp3) is 0.438. The number of ether oxygens (including phenoxy) is 1. The lowest BCUT2D eigenvalue weighted by Gasteiger charge is -2.14. The van der Waals surface area contributed by atoms with Crippen LogP contribution in [-0.2, 0) is 13.5 Å². The van der Waals surface area contributed by atoms with E-state index in [1.165, 1.54) is 0 Å². The van der Waals surface area contributed by atoms with Crippen molar-refractivity contribution in [3.8, 4) is 5.75 Å². The summed E-state index contributed by atoms with van der Waals surface area (Å²) in [6.07, 6.45) is 1.10. The van der Waals surface area contributed by atoms with Crippen LogP contribution >= 0.6 is 0 Å². The minimum atomic E-state index is -0.166. The van der Waals surface area contributed by atoms with Gasteiger partial charge in [0.05, 0.1) is 23.5 Å². The first-order valence-corrected chi connectivity index (χ1v) is 7.06. The Balaban J connectivity index is 2.19. The summed E-state index contributed by atoms with van der Waals surface area (Å²) in [7, 11) is 1.94. The molecule has 1 heterocycles. The quantitative estimate of drug-likeness (QED) is 0.911. The monoisotopic (exact) mass is 273 g/mol. The van der Waals surface area contributed by atoms with Crippen molar-refractivity contribution >= 4 is 0 Å². The van der Waals surface area contributed by atoms with Gasteiger partial charge in [-0.05, 0) is 44.0 Å². The molecule has 0 amide bonds. The van der Waals surface area contributed by atoms with Crippen molar-refractivity contribution in [1.82, 2.24) is 9.78 Å². The highest BCUT2D eigenvalue weighted by molar-refractivity contribution is 5.33. The summed E-state index contributed by atoms with van der Waals surface area (Å²) in [6.45, 7) is 6.12. The summed E-state index contributed by atoms with van der Waals surface area (Å²) >= 11 is 0. The maximum Gasteiger partial charge on any atom is 0.119 e. The number of nitrogens with zero attached hydrogens (tertiary/aromatic N) is 2. The van der Waals surface area contributed by atoms with Gasteiger partial charge in [0, 0.05) is 7.05 Å². The van der Waals surface area contributed by atoms with Gasteiger partial charge in [-0.15, -0.1) is 0 Å². The van der Waals surface area contributed by atoms with Crippen LogP contribution < -0.4 is 10.5 Å². The maximum atomic E-state index is 6.33. The molecule has 2 aromatic rings. The maximum absolute atomic E-state index is 6.33. The predicted octanol–water partition coefficient (Wildman–Crippen LogP) is 2.82. The third-order valence-corrected chi connectivity index (χ3v) is 3.26. The number of nitrogens with two attached hydrogens (primary N) is 1. The van der Waals surface area contributed by atoms with Crippen molar-refractivity contribution in [2.45, 2.75) is 39.3 Å². The van der Waals surface area contributed by atoms with E-state index in [-0.39, 0.29) is 12.1 Å². The first kappa shape index (κ1) is 14.6. The van der Waals surface area contributed by atoms with Gasteiger partial charge in [0.15, 0.2) is 0 Å². The minimum absolute atomic E-state index is 0.166. The van der Waals surface area contributed by atoms with Gasteiger partial charge < -0.3 is 10.5 Å². The summed E-state index contributed by atoms with van der Waals surface area (Å²) < 4.78 is 7.50. The predicted molar refractivity (Wildman–Crippen MR) is 80.8 cm³/mol. The summed E-state index contributed by atoms with van der Waals surface area (Å²) in [4.78, 5) is 0. The lowest BCUT2D eigenvalue weighted by Crippen LogP contribution is -2.16. The van der Waals surface area contributed by atoms with Crippen LogP contribution in [-0.4, -0.2) is 15.9 Å². The first-order valence-electron chi connectivity index (χ1n) is 7.06. The van der Waals surface area contributed by atoms with Crippen LogP contribution in [0.25, 0.3) is 0 Å². The molecule has 2 N–H and O–H groups in total. The standard InChI is InChI=1S/C16H23N3O/c1-5-13-10-15(19(4)18-13)16(17)12-6-8-14(9-7-12)20-11(2)3/h6-11,16H,5,17H2,1-4H3.